The number of hydrogen-bond acceptors (Lipinski definition) is 2. The molecule has 0 saturated heterocycles. The number of imidazole rings is 1. The van der Waals surface area contributed by atoms with Crippen LogP contribution in [0.2, 0.25) is 0 Å². The average molecular weight is 149 g/mol. The maximum atomic E-state index is 4.07. The maximum absolute atomic E-state index is 4.07. The summed E-state index contributed by atoms with van der Waals surface area (Å²) in [5.74, 6) is 0.681. The van der Waals surface area contributed by atoms with E-state index in [0.717, 1.165) is 5.69 Å². The minimum absolute atomic E-state index is 0.681. The summed E-state index contributed by atoms with van der Waals surface area (Å²) < 4.78 is 1.83. The fourth-order valence-electron chi connectivity index (χ4n) is 0.870. The summed E-state index contributed by atoms with van der Waals surface area (Å²) in [4.78, 5) is 8.12. The van der Waals surface area contributed by atoms with Crippen LogP contribution in [-0.4, -0.2) is 15.8 Å². The van der Waals surface area contributed by atoms with Crippen molar-refractivity contribution in [3.63, 3.8) is 0 Å². The summed E-state index contributed by atoms with van der Waals surface area (Å²) in [6, 6.07) is 0. The Balaban J connectivity index is 3.15. The Morgan fingerprint density at radius 2 is 2.45 bits per heavy atom. The van der Waals surface area contributed by atoms with E-state index in [1.54, 1.807) is 18.6 Å². The fraction of sp³-hybridized carbons (Fsp3) is 0.250. The van der Waals surface area contributed by atoms with Gasteiger partial charge in [0.15, 0.2) is 0 Å². The SMILES string of the molecule is C=Cn1c(C)cnc1/N=C\C. The summed E-state index contributed by atoms with van der Waals surface area (Å²) >= 11 is 0. The highest BCUT2D eigenvalue weighted by atomic mass is 15.2. The minimum atomic E-state index is 0.681. The third kappa shape index (κ3) is 1.37. The molecule has 0 aliphatic carbocycles. The predicted octanol–water partition coefficient (Wildman–Crippen LogP) is 2.01. The molecule has 0 spiro atoms. The number of rotatable bonds is 2. The first kappa shape index (κ1) is 7.72. The number of nitrogens with zero attached hydrogens (tertiary/aromatic N) is 3. The van der Waals surface area contributed by atoms with Gasteiger partial charge in [-0.2, -0.15) is 0 Å². The molecule has 58 valence electrons. The molecule has 0 radical (unpaired) electrons. The molecule has 0 aliphatic heterocycles. The largest absolute Gasteiger partial charge is 0.289 e. The molecule has 11 heavy (non-hydrogen) atoms. The monoisotopic (exact) mass is 149 g/mol. The van der Waals surface area contributed by atoms with E-state index in [0.29, 0.717) is 5.95 Å². The Bertz CT molecular complexity index is 284. The van der Waals surface area contributed by atoms with Crippen LogP contribution in [0.25, 0.3) is 6.20 Å². The van der Waals surface area contributed by atoms with Crippen LogP contribution in [0.3, 0.4) is 0 Å². The molecule has 0 amide bonds. The molecule has 1 rings (SSSR count). The molecule has 0 aromatic carbocycles. The lowest BCUT2D eigenvalue weighted by Crippen LogP contribution is -1.86. The zero-order valence-corrected chi connectivity index (χ0v) is 6.78. The van der Waals surface area contributed by atoms with Gasteiger partial charge in [0, 0.05) is 18.1 Å². The second-order valence-corrected chi connectivity index (χ2v) is 2.14. The number of aromatic nitrogens is 2. The number of aliphatic imine (C=N–C) groups is 1. The van der Waals surface area contributed by atoms with Crippen molar-refractivity contribution in [1.29, 1.82) is 0 Å². The zero-order chi connectivity index (χ0) is 8.27. The lowest BCUT2D eigenvalue weighted by molar-refractivity contribution is 1.06. The van der Waals surface area contributed by atoms with E-state index in [2.05, 4.69) is 16.6 Å². The van der Waals surface area contributed by atoms with E-state index in [1.807, 2.05) is 18.4 Å². The Morgan fingerprint density at radius 1 is 1.73 bits per heavy atom. The van der Waals surface area contributed by atoms with Crippen LogP contribution in [0.1, 0.15) is 12.6 Å². The second-order valence-electron chi connectivity index (χ2n) is 2.14. The quantitative estimate of drug-likeness (QED) is 0.591. The molecule has 1 heterocycles. The topological polar surface area (TPSA) is 30.2 Å². The average Bonchev–Trinajstić information content (AvgIpc) is 2.33. The van der Waals surface area contributed by atoms with E-state index in [4.69, 9.17) is 0 Å². The van der Waals surface area contributed by atoms with Gasteiger partial charge in [0.1, 0.15) is 0 Å². The summed E-state index contributed by atoms with van der Waals surface area (Å²) in [6.07, 6.45) is 5.18. The molecule has 1 aromatic rings. The maximum Gasteiger partial charge on any atom is 0.233 e. The van der Waals surface area contributed by atoms with Gasteiger partial charge in [-0.05, 0) is 13.8 Å². The van der Waals surface area contributed by atoms with Gasteiger partial charge in [-0.1, -0.05) is 6.58 Å². The van der Waals surface area contributed by atoms with Crippen LogP contribution in [-0.2, 0) is 0 Å². The second kappa shape index (κ2) is 3.14. The van der Waals surface area contributed by atoms with E-state index < -0.39 is 0 Å². The Hall–Kier alpha value is -1.38. The third-order valence-electron chi connectivity index (χ3n) is 1.39. The van der Waals surface area contributed by atoms with Crippen LogP contribution in [0, 0.1) is 6.92 Å². The van der Waals surface area contributed by atoms with E-state index in [-0.39, 0.29) is 0 Å². The van der Waals surface area contributed by atoms with Gasteiger partial charge < -0.3 is 0 Å². The van der Waals surface area contributed by atoms with Gasteiger partial charge in [-0.25, -0.2) is 9.98 Å². The van der Waals surface area contributed by atoms with E-state index in [9.17, 15) is 0 Å². The summed E-state index contributed by atoms with van der Waals surface area (Å²) in [5.41, 5.74) is 1.04. The predicted molar refractivity (Wildman–Crippen MR) is 47.2 cm³/mol. The first-order chi connectivity index (χ1) is 5.29. The highest BCUT2D eigenvalue weighted by Crippen LogP contribution is 2.11. The van der Waals surface area contributed by atoms with Gasteiger partial charge in [-0.3, -0.25) is 4.57 Å². The van der Waals surface area contributed by atoms with E-state index in [1.165, 1.54) is 0 Å². The van der Waals surface area contributed by atoms with Crippen molar-refractivity contribution in [3.8, 4) is 0 Å². The molecule has 3 nitrogen and oxygen atoms in total. The smallest absolute Gasteiger partial charge is 0.233 e. The van der Waals surface area contributed by atoms with Crippen LogP contribution in [0.15, 0.2) is 17.8 Å². The summed E-state index contributed by atoms with van der Waals surface area (Å²) in [5, 5.41) is 0. The molecule has 0 aliphatic rings. The molecule has 0 N–H and O–H groups in total. The van der Waals surface area contributed by atoms with Gasteiger partial charge >= 0.3 is 0 Å². The zero-order valence-electron chi connectivity index (χ0n) is 6.78. The van der Waals surface area contributed by atoms with Crippen molar-refractivity contribution in [3.05, 3.63) is 18.5 Å². The number of aryl methyl sites for hydroxylation is 1. The van der Waals surface area contributed by atoms with Crippen molar-refractivity contribution in [2.24, 2.45) is 4.99 Å². The van der Waals surface area contributed by atoms with Crippen LogP contribution in [0.4, 0.5) is 5.95 Å². The lowest BCUT2D eigenvalue weighted by Gasteiger charge is -1.96. The van der Waals surface area contributed by atoms with E-state index >= 15 is 0 Å². The Labute approximate surface area is 66.1 Å². The van der Waals surface area contributed by atoms with Gasteiger partial charge in [0.2, 0.25) is 5.95 Å². The van der Waals surface area contributed by atoms with Crippen molar-refractivity contribution in [2.75, 3.05) is 0 Å². The van der Waals surface area contributed by atoms with Crippen LogP contribution < -0.4 is 0 Å². The third-order valence-corrected chi connectivity index (χ3v) is 1.39. The molecule has 0 fully saturated rings. The highest BCUT2D eigenvalue weighted by Gasteiger charge is 1.99. The highest BCUT2D eigenvalue weighted by molar-refractivity contribution is 5.58. The summed E-state index contributed by atoms with van der Waals surface area (Å²) in [6.45, 7) is 7.48. The molecule has 0 unspecified atom stereocenters. The number of hydrogen-bond donors (Lipinski definition) is 0. The molecule has 3 heteroatoms. The molecule has 0 bridgehead atoms. The minimum Gasteiger partial charge on any atom is -0.289 e. The molecular weight excluding hydrogens is 138 g/mol. The first-order valence-corrected chi connectivity index (χ1v) is 3.44. The standard InChI is InChI=1S/C8H11N3/c1-4-9-8-10-6-7(3)11(8)5-2/h4-6H,2H2,1,3H3/b9-4-. The van der Waals surface area contributed by atoms with Crippen molar-refractivity contribution < 1.29 is 0 Å². The fourth-order valence-corrected chi connectivity index (χ4v) is 0.870. The van der Waals surface area contributed by atoms with Gasteiger partial charge in [0.05, 0.1) is 6.20 Å². The first-order valence-electron chi connectivity index (χ1n) is 3.44. The molecule has 0 saturated carbocycles. The Kier molecular flexibility index (Phi) is 2.21. The Morgan fingerprint density at radius 3 is 3.00 bits per heavy atom. The van der Waals surface area contributed by atoms with Crippen LogP contribution >= 0.6 is 0 Å². The van der Waals surface area contributed by atoms with Gasteiger partial charge in [-0.15, -0.1) is 0 Å². The molecule has 0 atom stereocenters. The lowest BCUT2D eigenvalue weighted by atomic mass is 10.5. The normalized spacial score (nSPS) is 10.7. The van der Waals surface area contributed by atoms with Crippen molar-refractivity contribution in [2.45, 2.75) is 13.8 Å². The van der Waals surface area contributed by atoms with Crippen molar-refractivity contribution in [1.82, 2.24) is 9.55 Å². The van der Waals surface area contributed by atoms with Crippen LogP contribution in [0.5, 0.6) is 0 Å². The van der Waals surface area contributed by atoms with Crippen molar-refractivity contribution >= 4 is 18.4 Å². The van der Waals surface area contributed by atoms with Gasteiger partial charge in [0.25, 0.3) is 0 Å². The molecular formula is C8H11N3. The molecule has 1 aromatic heterocycles. The summed E-state index contributed by atoms with van der Waals surface area (Å²) in [7, 11) is 0.